The molecule has 1 unspecified atom stereocenters. The van der Waals surface area contributed by atoms with E-state index in [1.165, 1.54) is 40.5 Å². The third-order valence-electron chi connectivity index (χ3n) is 6.40. The van der Waals surface area contributed by atoms with Crippen LogP contribution >= 0.6 is 11.3 Å². The first-order valence-electron chi connectivity index (χ1n) is 11.2. The number of nitrogens with zero attached hydrogens (tertiary/aromatic N) is 4. The maximum Gasteiger partial charge on any atom is 0.290 e. The minimum Gasteiger partial charge on any atom is -0.503 e. The highest BCUT2D eigenvalue weighted by Gasteiger charge is 2.44. The number of hydrogen-bond donors (Lipinski definition) is 1. The van der Waals surface area contributed by atoms with Gasteiger partial charge in [0.15, 0.2) is 10.7 Å². The molecule has 1 aliphatic heterocycles. The lowest BCUT2D eigenvalue weighted by molar-refractivity contribution is -0.130. The lowest BCUT2D eigenvalue weighted by Gasteiger charge is -2.26. The molecule has 0 radical (unpaired) electrons. The van der Waals surface area contributed by atoms with Gasteiger partial charge in [-0.1, -0.05) is 41.7 Å². The van der Waals surface area contributed by atoms with Crippen molar-refractivity contribution in [3.63, 3.8) is 0 Å². The molecule has 9 heteroatoms. The average molecular weight is 499 g/mol. The first-order chi connectivity index (χ1) is 17.4. The zero-order chi connectivity index (χ0) is 25.0. The summed E-state index contributed by atoms with van der Waals surface area (Å²) in [5, 5.41) is 11.0. The van der Waals surface area contributed by atoms with Crippen LogP contribution in [-0.4, -0.2) is 36.1 Å². The fourth-order valence-corrected chi connectivity index (χ4v) is 5.82. The van der Waals surface area contributed by atoms with Crippen molar-refractivity contribution in [3.8, 4) is 0 Å². The molecule has 0 bridgehead atoms. The van der Waals surface area contributed by atoms with E-state index in [0.717, 1.165) is 16.6 Å². The van der Waals surface area contributed by atoms with Crippen molar-refractivity contribution < 1.29 is 19.1 Å². The Balaban J connectivity index is 1.48. The molecule has 5 aromatic rings. The van der Waals surface area contributed by atoms with Gasteiger partial charge in [-0.05, 0) is 48.4 Å². The summed E-state index contributed by atoms with van der Waals surface area (Å²) in [5.74, 6) is -2.17. The molecule has 0 saturated carbocycles. The normalized spacial score (nSPS) is 16.0. The Hall–Kier alpha value is -4.37. The number of aryl methyl sites for hydroxylation is 1. The Morgan fingerprint density at radius 3 is 2.64 bits per heavy atom. The largest absolute Gasteiger partial charge is 0.503 e. The van der Waals surface area contributed by atoms with Crippen LogP contribution in [0.15, 0.2) is 84.4 Å². The number of aromatic nitrogens is 3. The van der Waals surface area contributed by atoms with Gasteiger partial charge in [-0.3, -0.25) is 19.0 Å². The number of halogens is 1. The van der Waals surface area contributed by atoms with Gasteiger partial charge < -0.3 is 10.0 Å². The number of pyridine rings is 1. The van der Waals surface area contributed by atoms with E-state index in [1.54, 1.807) is 18.5 Å². The van der Waals surface area contributed by atoms with Crippen LogP contribution in [0, 0.1) is 12.7 Å². The Morgan fingerprint density at radius 2 is 1.89 bits per heavy atom. The van der Waals surface area contributed by atoms with E-state index in [-0.39, 0.29) is 12.1 Å². The molecule has 7 nitrogen and oxygen atoms in total. The number of para-hydroxylation sites is 2. The number of carbonyl (C=O) groups excluding carboxylic acids is 2. The van der Waals surface area contributed by atoms with Crippen molar-refractivity contribution >= 4 is 39.0 Å². The molecule has 1 amide bonds. The predicted octanol–water partition coefficient (Wildman–Crippen LogP) is 5.17. The molecular formula is C27H19FN4O3S. The third-order valence-corrected chi connectivity index (χ3v) is 7.54. The summed E-state index contributed by atoms with van der Waals surface area (Å²) < 4.78 is 15.6. The van der Waals surface area contributed by atoms with Crippen LogP contribution in [-0.2, 0) is 11.3 Å². The summed E-state index contributed by atoms with van der Waals surface area (Å²) in [6, 6.07) is 15.9. The molecule has 3 aromatic heterocycles. The summed E-state index contributed by atoms with van der Waals surface area (Å²) >= 11 is 1.21. The minimum absolute atomic E-state index is 0.0348. The molecule has 0 spiro atoms. The second-order valence-electron chi connectivity index (χ2n) is 8.57. The fraction of sp³-hybridized carbons (Fsp3) is 0.111. The molecule has 6 rings (SSSR count). The Labute approximate surface area is 208 Å². The van der Waals surface area contributed by atoms with Crippen LogP contribution in [0.3, 0.4) is 0 Å². The summed E-state index contributed by atoms with van der Waals surface area (Å²) in [7, 11) is 0. The van der Waals surface area contributed by atoms with Gasteiger partial charge in [-0.15, -0.1) is 0 Å². The standard InChI is InChI=1S/C27H19FN4O3S/c1-15-25(36-27-30-19-6-2-3-7-20(19)32(15)27)23(33)21-22(17-8-10-18(28)11-9-17)31(26(35)24(21)34)14-16-5-4-12-29-13-16/h2-13,22,34H,14H2,1H3. The number of hydrogen-bond acceptors (Lipinski definition) is 6. The Bertz CT molecular complexity index is 1690. The van der Waals surface area contributed by atoms with Gasteiger partial charge in [0.1, 0.15) is 5.82 Å². The lowest BCUT2D eigenvalue weighted by Crippen LogP contribution is -2.30. The number of carbonyl (C=O) groups is 2. The van der Waals surface area contributed by atoms with Crippen LogP contribution in [0.1, 0.15) is 32.5 Å². The number of benzene rings is 2. The third kappa shape index (κ3) is 3.39. The van der Waals surface area contributed by atoms with Gasteiger partial charge >= 0.3 is 0 Å². The molecule has 1 aliphatic rings. The summed E-state index contributed by atoms with van der Waals surface area (Å²) in [6.07, 6.45) is 3.24. The van der Waals surface area contributed by atoms with E-state index in [9.17, 15) is 19.1 Å². The van der Waals surface area contributed by atoms with Crippen molar-refractivity contribution in [2.45, 2.75) is 19.5 Å². The van der Waals surface area contributed by atoms with E-state index in [1.807, 2.05) is 41.7 Å². The molecule has 36 heavy (non-hydrogen) atoms. The van der Waals surface area contributed by atoms with Gasteiger partial charge in [0, 0.05) is 24.6 Å². The summed E-state index contributed by atoms with van der Waals surface area (Å²) in [4.78, 5) is 38.4. The van der Waals surface area contributed by atoms with Crippen LogP contribution in [0.4, 0.5) is 4.39 Å². The lowest BCUT2D eigenvalue weighted by atomic mass is 9.95. The average Bonchev–Trinajstić information content (AvgIpc) is 3.50. The van der Waals surface area contributed by atoms with Crippen molar-refractivity contribution in [2.75, 3.05) is 0 Å². The van der Waals surface area contributed by atoms with E-state index in [2.05, 4.69) is 9.97 Å². The highest BCUT2D eigenvalue weighted by atomic mass is 32.1. The van der Waals surface area contributed by atoms with Gasteiger partial charge in [0.05, 0.1) is 27.5 Å². The number of amides is 1. The highest BCUT2D eigenvalue weighted by molar-refractivity contribution is 7.19. The maximum atomic E-state index is 14.0. The smallest absolute Gasteiger partial charge is 0.290 e. The molecule has 1 atom stereocenters. The number of aliphatic hydroxyl groups is 1. The second-order valence-corrected chi connectivity index (χ2v) is 9.55. The van der Waals surface area contributed by atoms with Crippen LogP contribution in [0.2, 0.25) is 0 Å². The SMILES string of the molecule is Cc1c(C(=O)C2=C(O)C(=O)N(Cc3cccnc3)C2c2ccc(F)cc2)sc2nc3ccccc3n12. The van der Waals surface area contributed by atoms with Gasteiger partial charge in [-0.25, -0.2) is 9.37 Å². The molecule has 1 N–H and O–H groups in total. The molecular weight excluding hydrogens is 479 g/mol. The monoisotopic (exact) mass is 498 g/mol. The van der Waals surface area contributed by atoms with Crippen molar-refractivity contribution in [2.24, 2.45) is 0 Å². The second kappa shape index (κ2) is 8.39. The van der Waals surface area contributed by atoms with Gasteiger partial charge in [0.25, 0.3) is 5.91 Å². The maximum absolute atomic E-state index is 14.0. The molecule has 2 aromatic carbocycles. The number of Topliss-reactive ketones (excluding diaryl/α,β-unsaturated/α-hetero) is 1. The molecule has 178 valence electrons. The number of aliphatic hydroxyl groups excluding tert-OH is 1. The number of imidazole rings is 1. The minimum atomic E-state index is -0.892. The summed E-state index contributed by atoms with van der Waals surface area (Å²) in [5.41, 5.74) is 3.57. The molecule has 0 aliphatic carbocycles. The summed E-state index contributed by atoms with van der Waals surface area (Å²) in [6.45, 7) is 1.94. The Morgan fingerprint density at radius 1 is 1.11 bits per heavy atom. The number of thiazole rings is 1. The van der Waals surface area contributed by atoms with E-state index >= 15 is 0 Å². The molecule has 0 saturated heterocycles. The van der Waals surface area contributed by atoms with E-state index < -0.39 is 29.3 Å². The van der Waals surface area contributed by atoms with E-state index in [4.69, 9.17) is 0 Å². The number of fused-ring (bicyclic) bond motifs is 3. The van der Waals surface area contributed by atoms with Crippen LogP contribution < -0.4 is 0 Å². The number of ketones is 1. The quantitative estimate of drug-likeness (QED) is 0.338. The predicted molar refractivity (Wildman–Crippen MR) is 133 cm³/mol. The highest BCUT2D eigenvalue weighted by Crippen LogP contribution is 2.41. The fourth-order valence-electron chi connectivity index (χ4n) is 4.72. The van der Waals surface area contributed by atoms with Crippen molar-refractivity contribution in [3.05, 3.63) is 112 Å². The van der Waals surface area contributed by atoms with Gasteiger partial charge in [0.2, 0.25) is 5.78 Å². The topological polar surface area (TPSA) is 87.8 Å². The van der Waals surface area contributed by atoms with Crippen molar-refractivity contribution in [1.29, 1.82) is 0 Å². The van der Waals surface area contributed by atoms with Crippen molar-refractivity contribution in [1.82, 2.24) is 19.3 Å². The van der Waals surface area contributed by atoms with E-state index in [0.29, 0.717) is 21.1 Å². The Kier molecular flexibility index (Phi) is 5.15. The molecule has 4 heterocycles. The number of rotatable bonds is 5. The molecule has 0 fully saturated rings. The zero-order valence-corrected chi connectivity index (χ0v) is 19.9. The van der Waals surface area contributed by atoms with Crippen LogP contribution in [0.25, 0.3) is 16.0 Å². The first-order valence-corrected chi connectivity index (χ1v) is 12.1. The zero-order valence-electron chi connectivity index (χ0n) is 19.1. The van der Waals surface area contributed by atoms with Crippen LogP contribution in [0.5, 0.6) is 0 Å². The first kappa shape index (κ1) is 22.1. The van der Waals surface area contributed by atoms with Gasteiger partial charge in [-0.2, -0.15) is 0 Å².